The number of anilines is 1. The van der Waals surface area contributed by atoms with Crippen LogP contribution in [0.4, 0.5) is 5.69 Å². The summed E-state index contributed by atoms with van der Waals surface area (Å²) in [5, 5.41) is 7.20. The van der Waals surface area contributed by atoms with Crippen LogP contribution in [-0.2, 0) is 17.8 Å². The molecule has 1 N–H and O–H groups in total. The Morgan fingerprint density at radius 1 is 1.38 bits per heavy atom. The van der Waals surface area contributed by atoms with Crippen LogP contribution < -0.4 is 5.32 Å². The molecule has 7 heteroatoms. The highest BCUT2D eigenvalue weighted by molar-refractivity contribution is 9.10. The maximum absolute atomic E-state index is 12.4. The fourth-order valence-corrected chi connectivity index (χ4v) is 3.16. The number of hydrogen-bond acceptors (Lipinski definition) is 4. The van der Waals surface area contributed by atoms with Gasteiger partial charge in [-0.15, -0.1) is 0 Å². The van der Waals surface area contributed by atoms with E-state index in [1.54, 1.807) is 4.68 Å². The molecule has 3 rings (SSSR count). The molecular weight excluding hydrogens is 372 g/mol. The SMILES string of the molecule is CCn1cc(Br)c(C(=O)Nc2cccc(CN3CCOCC3)c2)n1. The highest BCUT2D eigenvalue weighted by Gasteiger charge is 2.16. The molecular formula is C17H21BrN4O2. The number of rotatable bonds is 5. The van der Waals surface area contributed by atoms with Gasteiger partial charge < -0.3 is 10.1 Å². The predicted octanol–water partition coefficient (Wildman–Crippen LogP) is 2.75. The second-order valence-electron chi connectivity index (χ2n) is 5.72. The van der Waals surface area contributed by atoms with Gasteiger partial charge in [-0.05, 0) is 40.5 Å². The average molecular weight is 393 g/mol. The summed E-state index contributed by atoms with van der Waals surface area (Å²) in [6.45, 7) is 7.02. The van der Waals surface area contributed by atoms with Crippen LogP contribution in [0, 0.1) is 0 Å². The molecule has 0 saturated carbocycles. The number of nitrogens with zero attached hydrogens (tertiary/aromatic N) is 3. The number of carbonyl (C=O) groups excluding carboxylic acids is 1. The van der Waals surface area contributed by atoms with Crippen molar-refractivity contribution in [2.75, 3.05) is 31.6 Å². The van der Waals surface area contributed by atoms with Crippen LogP contribution in [-0.4, -0.2) is 46.9 Å². The smallest absolute Gasteiger partial charge is 0.277 e. The molecule has 6 nitrogen and oxygen atoms in total. The second-order valence-corrected chi connectivity index (χ2v) is 6.58. The van der Waals surface area contributed by atoms with Crippen molar-refractivity contribution in [1.29, 1.82) is 0 Å². The Morgan fingerprint density at radius 2 is 2.17 bits per heavy atom. The van der Waals surface area contributed by atoms with E-state index < -0.39 is 0 Å². The zero-order chi connectivity index (χ0) is 16.9. The number of aryl methyl sites for hydroxylation is 1. The van der Waals surface area contributed by atoms with Gasteiger partial charge in [0.2, 0.25) is 0 Å². The van der Waals surface area contributed by atoms with Crippen LogP contribution in [0.2, 0.25) is 0 Å². The normalized spacial score (nSPS) is 15.4. The van der Waals surface area contributed by atoms with Crippen molar-refractivity contribution in [2.45, 2.75) is 20.0 Å². The van der Waals surface area contributed by atoms with Crippen molar-refractivity contribution in [3.8, 4) is 0 Å². The minimum atomic E-state index is -0.211. The molecule has 1 amide bonds. The first-order valence-electron chi connectivity index (χ1n) is 8.09. The Balaban J connectivity index is 1.67. The van der Waals surface area contributed by atoms with E-state index in [-0.39, 0.29) is 5.91 Å². The molecule has 128 valence electrons. The molecule has 0 atom stereocenters. The van der Waals surface area contributed by atoms with Gasteiger partial charge in [0.25, 0.3) is 5.91 Å². The van der Waals surface area contributed by atoms with Gasteiger partial charge in [0.05, 0.1) is 17.7 Å². The monoisotopic (exact) mass is 392 g/mol. The highest BCUT2D eigenvalue weighted by Crippen LogP contribution is 2.18. The molecule has 24 heavy (non-hydrogen) atoms. The summed E-state index contributed by atoms with van der Waals surface area (Å²) < 4.78 is 7.80. The standard InChI is InChI=1S/C17H21BrN4O2/c1-2-22-12-15(18)16(20-22)17(23)19-14-5-3-4-13(10-14)11-21-6-8-24-9-7-21/h3-5,10,12H,2,6-9,11H2,1H3,(H,19,23). The lowest BCUT2D eigenvalue weighted by Gasteiger charge is -2.26. The number of amides is 1. The number of aromatic nitrogens is 2. The van der Waals surface area contributed by atoms with E-state index in [0.717, 1.165) is 45.1 Å². The van der Waals surface area contributed by atoms with Crippen molar-refractivity contribution < 1.29 is 9.53 Å². The van der Waals surface area contributed by atoms with Crippen molar-refractivity contribution in [3.63, 3.8) is 0 Å². The lowest BCUT2D eigenvalue weighted by Crippen LogP contribution is -2.35. The molecule has 0 radical (unpaired) electrons. The highest BCUT2D eigenvalue weighted by atomic mass is 79.9. The van der Waals surface area contributed by atoms with Crippen LogP contribution >= 0.6 is 15.9 Å². The summed E-state index contributed by atoms with van der Waals surface area (Å²) >= 11 is 3.39. The summed E-state index contributed by atoms with van der Waals surface area (Å²) in [6, 6.07) is 7.95. The van der Waals surface area contributed by atoms with Gasteiger partial charge >= 0.3 is 0 Å². The predicted molar refractivity (Wildman–Crippen MR) is 96.1 cm³/mol. The number of benzene rings is 1. The first-order chi connectivity index (χ1) is 11.7. The van der Waals surface area contributed by atoms with Crippen LogP contribution in [0.5, 0.6) is 0 Å². The second kappa shape index (κ2) is 7.92. The third-order valence-corrected chi connectivity index (χ3v) is 4.53. The third-order valence-electron chi connectivity index (χ3n) is 3.95. The maximum Gasteiger partial charge on any atom is 0.277 e. The van der Waals surface area contributed by atoms with Gasteiger partial charge in [0.1, 0.15) is 0 Å². The largest absolute Gasteiger partial charge is 0.379 e. The van der Waals surface area contributed by atoms with Crippen LogP contribution in [0.25, 0.3) is 0 Å². The van der Waals surface area contributed by atoms with Crippen LogP contribution in [0.1, 0.15) is 23.0 Å². The Bertz CT molecular complexity index is 710. The van der Waals surface area contributed by atoms with Crippen LogP contribution in [0.3, 0.4) is 0 Å². The quantitative estimate of drug-likeness (QED) is 0.849. The topological polar surface area (TPSA) is 59.4 Å². The van der Waals surface area contributed by atoms with Crippen molar-refractivity contribution >= 4 is 27.5 Å². The van der Waals surface area contributed by atoms with E-state index >= 15 is 0 Å². The number of halogens is 1. The number of morpholine rings is 1. The molecule has 0 spiro atoms. The Hall–Kier alpha value is -1.70. The fourth-order valence-electron chi connectivity index (χ4n) is 2.67. The molecule has 0 unspecified atom stereocenters. The zero-order valence-electron chi connectivity index (χ0n) is 13.7. The Morgan fingerprint density at radius 3 is 2.88 bits per heavy atom. The summed E-state index contributed by atoms with van der Waals surface area (Å²) in [4.78, 5) is 14.8. The first kappa shape index (κ1) is 17.1. The van der Waals surface area contributed by atoms with E-state index in [1.165, 1.54) is 5.56 Å². The summed E-state index contributed by atoms with van der Waals surface area (Å²) in [7, 11) is 0. The molecule has 2 heterocycles. The number of ether oxygens (including phenoxy) is 1. The van der Waals surface area contributed by atoms with Gasteiger partial charge in [-0.2, -0.15) is 5.10 Å². The van der Waals surface area contributed by atoms with Gasteiger partial charge in [0, 0.05) is 38.1 Å². The molecule has 1 saturated heterocycles. The summed E-state index contributed by atoms with van der Waals surface area (Å²) in [5.41, 5.74) is 2.35. The minimum Gasteiger partial charge on any atom is -0.379 e. The maximum atomic E-state index is 12.4. The molecule has 1 fully saturated rings. The van der Waals surface area contributed by atoms with E-state index in [9.17, 15) is 4.79 Å². The summed E-state index contributed by atoms with van der Waals surface area (Å²) in [5.74, 6) is -0.211. The molecule has 1 aromatic carbocycles. The fraction of sp³-hybridized carbons (Fsp3) is 0.412. The molecule has 0 bridgehead atoms. The van der Waals surface area contributed by atoms with Crippen LogP contribution in [0.15, 0.2) is 34.9 Å². The van der Waals surface area contributed by atoms with Crippen molar-refractivity contribution in [2.24, 2.45) is 0 Å². The van der Waals surface area contributed by atoms with Gasteiger partial charge in [-0.1, -0.05) is 12.1 Å². The molecule has 2 aromatic rings. The molecule has 1 aromatic heterocycles. The van der Waals surface area contributed by atoms with E-state index in [1.807, 2.05) is 31.3 Å². The van der Waals surface area contributed by atoms with E-state index in [0.29, 0.717) is 10.2 Å². The lowest BCUT2D eigenvalue weighted by molar-refractivity contribution is 0.0342. The first-order valence-corrected chi connectivity index (χ1v) is 8.88. The number of nitrogens with one attached hydrogen (secondary N) is 1. The van der Waals surface area contributed by atoms with Gasteiger partial charge in [-0.3, -0.25) is 14.4 Å². The average Bonchev–Trinajstić information content (AvgIpc) is 2.97. The third kappa shape index (κ3) is 4.23. The molecule has 1 aliphatic heterocycles. The van der Waals surface area contributed by atoms with Crippen molar-refractivity contribution in [1.82, 2.24) is 14.7 Å². The Labute approximate surface area is 149 Å². The number of carbonyl (C=O) groups is 1. The number of hydrogen-bond donors (Lipinski definition) is 1. The van der Waals surface area contributed by atoms with E-state index in [2.05, 4.69) is 37.3 Å². The molecule has 1 aliphatic rings. The van der Waals surface area contributed by atoms with Gasteiger partial charge in [0.15, 0.2) is 5.69 Å². The van der Waals surface area contributed by atoms with Crippen molar-refractivity contribution in [3.05, 3.63) is 46.2 Å². The minimum absolute atomic E-state index is 0.211. The van der Waals surface area contributed by atoms with Gasteiger partial charge in [-0.25, -0.2) is 0 Å². The zero-order valence-corrected chi connectivity index (χ0v) is 15.3. The summed E-state index contributed by atoms with van der Waals surface area (Å²) in [6.07, 6.45) is 1.81. The Kier molecular flexibility index (Phi) is 5.65. The molecule has 0 aliphatic carbocycles. The van der Waals surface area contributed by atoms with E-state index in [4.69, 9.17) is 4.74 Å². The lowest BCUT2D eigenvalue weighted by atomic mass is 10.1.